The molecule has 150 valence electrons. The van der Waals surface area contributed by atoms with Crippen LogP contribution in [0.2, 0.25) is 0 Å². The fourth-order valence-corrected chi connectivity index (χ4v) is 5.38. The van der Waals surface area contributed by atoms with Gasteiger partial charge in [0.15, 0.2) is 0 Å². The molecular formula is C21H21N3O4S. The molecule has 2 aromatic carbocycles. The van der Waals surface area contributed by atoms with Gasteiger partial charge in [0.2, 0.25) is 15.9 Å². The van der Waals surface area contributed by atoms with Gasteiger partial charge in [-0.15, -0.1) is 0 Å². The SMILES string of the molecule is NC(=O)CC1COCc2ccccc2CN1S(=O)(=O)c1cccc2cccnc12. The Morgan fingerprint density at radius 1 is 1.10 bits per heavy atom. The van der Waals surface area contributed by atoms with Gasteiger partial charge in [-0.1, -0.05) is 42.5 Å². The molecule has 3 aromatic rings. The van der Waals surface area contributed by atoms with Crippen LogP contribution in [0.3, 0.4) is 0 Å². The summed E-state index contributed by atoms with van der Waals surface area (Å²) >= 11 is 0. The third-order valence-corrected chi connectivity index (χ3v) is 6.97. The molecule has 1 aromatic heterocycles. The van der Waals surface area contributed by atoms with Gasteiger partial charge in [0.1, 0.15) is 4.90 Å². The van der Waals surface area contributed by atoms with Crippen molar-refractivity contribution in [2.75, 3.05) is 6.61 Å². The Bertz CT molecular complexity index is 1160. The lowest BCUT2D eigenvalue weighted by atomic mass is 10.1. The number of ether oxygens (including phenoxy) is 1. The number of primary amides is 1. The summed E-state index contributed by atoms with van der Waals surface area (Å²) < 4.78 is 34.5. The smallest absolute Gasteiger partial charge is 0.245 e. The highest BCUT2D eigenvalue weighted by atomic mass is 32.2. The normalized spacial score (nSPS) is 18.0. The van der Waals surface area contributed by atoms with Gasteiger partial charge in [0.25, 0.3) is 0 Å². The van der Waals surface area contributed by atoms with Gasteiger partial charge in [-0.05, 0) is 23.3 Å². The van der Waals surface area contributed by atoms with Gasteiger partial charge in [-0.2, -0.15) is 4.31 Å². The van der Waals surface area contributed by atoms with Crippen LogP contribution in [0, 0.1) is 0 Å². The van der Waals surface area contributed by atoms with E-state index in [2.05, 4.69) is 4.98 Å². The summed E-state index contributed by atoms with van der Waals surface area (Å²) in [4.78, 5) is 16.1. The zero-order valence-corrected chi connectivity index (χ0v) is 16.5. The fraction of sp³-hybridized carbons (Fsp3) is 0.238. The van der Waals surface area contributed by atoms with Crippen LogP contribution in [-0.2, 0) is 32.7 Å². The van der Waals surface area contributed by atoms with Crippen molar-refractivity contribution in [2.45, 2.75) is 30.5 Å². The molecule has 29 heavy (non-hydrogen) atoms. The third-order valence-electron chi connectivity index (χ3n) is 5.04. The molecule has 2 heterocycles. The fourth-order valence-electron chi connectivity index (χ4n) is 3.62. The molecule has 0 saturated carbocycles. The molecule has 0 radical (unpaired) electrons. The number of aromatic nitrogens is 1. The Morgan fingerprint density at radius 3 is 2.66 bits per heavy atom. The highest BCUT2D eigenvalue weighted by Gasteiger charge is 2.35. The number of carbonyl (C=O) groups excluding carboxylic acids is 1. The number of sulfonamides is 1. The summed E-state index contributed by atoms with van der Waals surface area (Å²) in [7, 11) is -3.98. The van der Waals surface area contributed by atoms with Crippen LogP contribution >= 0.6 is 0 Å². The lowest BCUT2D eigenvalue weighted by molar-refractivity contribution is -0.119. The molecule has 1 unspecified atom stereocenters. The third kappa shape index (κ3) is 3.87. The number of fused-ring (bicyclic) bond motifs is 2. The van der Waals surface area contributed by atoms with Crippen molar-refractivity contribution in [3.05, 3.63) is 71.9 Å². The number of nitrogens with zero attached hydrogens (tertiary/aromatic N) is 2. The number of hydrogen-bond acceptors (Lipinski definition) is 5. The van der Waals surface area contributed by atoms with Crippen molar-refractivity contribution >= 4 is 26.8 Å². The predicted molar refractivity (Wildman–Crippen MR) is 108 cm³/mol. The minimum atomic E-state index is -3.98. The van der Waals surface area contributed by atoms with E-state index in [9.17, 15) is 13.2 Å². The van der Waals surface area contributed by atoms with E-state index in [1.54, 1.807) is 18.3 Å². The Hall–Kier alpha value is -2.81. The van der Waals surface area contributed by atoms with Crippen molar-refractivity contribution < 1.29 is 17.9 Å². The van der Waals surface area contributed by atoms with E-state index in [4.69, 9.17) is 10.5 Å². The number of benzene rings is 2. The first-order valence-corrected chi connectivity index (χ1v) is 10.7. The molecule has 2 N–H and O–H groups in total. The van der Waals surface area contributed by atoms with Crippen LogP contribution in [0.25, 0.3) is 10.9 Å². The Kier molecular flexibility index (Phi) is 5.31. The van der Waals surface area contributed by atoms with Gasteiger partial charge in [-0.25, -0.2) is 8.42 Å². The number of hydrogen-bond donors (Lipinski definition) is 1. The molecule has 0 saturated heterocycles. The molecule has 8 heteroatoms. The maximum Gasteiger partial charge on any atom is 0.245 e. The monoisotopic (exact) mass is 411 g/mol. The largest absolute Gasteiger partial charge is 0.375 e. The maximum absolute atomic E-state index is 13.7. The average Bonchev–Trinajstić information content (AvgIpc) is 2.69. The van der Waals surface area contributed by atoms with Crippen LogP contribution in [0.4, 0.5) is 0 Å². The Labute approximate surface area is 169 Å². The lowest BCUT2D eigenvalue weighted by Gasteiger charge is -2.33. The van der Waals surface area contributed by atoms with Crippen LogP contribution in [0.1, 0.15) is 17.5 Å². The molecule has 1 aliphatic heterocycles. The summed E-state index contributed by atoms with van der Waals surface area (Å²) in [5.74, 6) is -0.580. The lowest BCUT2D eigenvalue weighted by Crippen LogP contribution is -2.45. The van der Waals surface area contributed by atoms with E-state index in [0.717, 1.165) is 16.5 Å². The van der Waals surface area contributed by atoms with Gasteiger partial charge < -0.3 is 10.5 Å². The van der Waals surface area contributed by atoms with Gasteiger partial charge in [0.05, 0.1) is 24.8 Å². The van der Waals surface area contributed by atoms with Gasteiger partial charge in [0, 0.05) is 24.5 Å². The number of pyridine rings is 1. The maximum atomic E-state index is 13.7. The number of para-hydroxylation sites is 1. The van der Waals surface area contributed by atoms with Crippen molar-refractivity contribution in [1.82, 2.24) is 9.29 Å². The summed E-state index contributed by atoms with van der Waals surface area (Å²) in [6, 6.07) is 15.4. The summed E-state index contributed by atoms with van der Waals surface area (Å²) in [6.07, 6.45) is 1.44. The van der Waals surface area contributed by atoms with Crippen LogP contribution in [0.15, 0.2) is 65.7 Å². The average molecular weight is 411 g/mol. The van der Waals surface area contributed by atoms with Crippen molar-refractivity contribution in [1.29, 1.82) is 0 Å². The molecule has 1 amide bonds. The van der Waals surface area contributed by atoms with Gasteiger partial charge in [-0.3, -0.25) is 9.78 Å². The number of amides is 1. The summed E-state index contributed by atoms with van der Waals surface area (Å²) in [5, 5.41) is 0.726. The molecule has 0 bridgehead atoms. The molecule has 1 aliphatic rings. The van der Waals surface area contributed by atoms with Crippen LogP contribution in [0.5, 0.6) is 0 Å². The molecule has 0 aliphatic carbocycles. The Morgan fingerprint density at radius 2 is 1.86 bits per heavy atom. The van der Waals surface area contributed by atoms with Crippen LogP contribution in [-0.4, -0.2) is 36.3 Å². The first-order chi connectivity index (χ1) is 14.0. The molecular weight excluding hydrogens is 390 g/mol. The standard InChI is InChI=1S/C21H21N3O4S/c22-20(25)11-18-14-28-13-17-6-2-1-5-16(17)12-24(18)29(26,27)19-9-3-7-15-8-4-10-23-21(15)19/h1-10,18H,11-14H2,(H2,22,25). The number of rotatable bonds is 4. The van der Waals surface area contributed by atoms with E-state index in [1.807, 2.05) is 36.4 Å². The van der Waals surface area contributed by atoms with E-state index in [1.165, 1.54) is 10.4 Å². The van der Waals surface area contributed by atoms with E-state index in [0.29, 0.717) is 12.1 Å². The summed E-state index contributed by atoms with van der Waals surface area (Å²) in [5.41, 5.74) is 7.56. The summed E-state index contributed by atoms with van der Waals surface area (Å²) in [6.45, 7) is 0.562. The molecule has 1 atom stereocenters. The second kappa shape index (κ2) is 7.90. The molecule has 7 nitrogen and oxygen atoms in total. The van der Waals surface area contributed by atoms with Crippen molar-refractivity contribution in [2.24, 2.45) is 5.73 Å². The van der Waals surface area contributed by atoms with Gasteiger partial charge >= 0.3 is 0 Å². The quantitative estimate of drug-likeness (QED) is 0.709. The molecule has 0 fully saturated rings. The highest BCUT2D eigenvalue weighted by molar-refractivity contribution is 7.89. The predicted octanol–water partition coefficient (Wildman–Crippen LogP) is 2.20. The van der Waals surface area contributed by atoms with Crippen molar-refractivity contribution in [3.63, 3.8) is 0 Å². The first kappa shape index (κ1) is 19.5. The second-order valence-corrected chi connectivity index (χ2v) is 8.85. The zero-order chi connectivity index (χ0) is 20.4. The topological polar surface area (TPSA) is 103 Å². The second-order valence-electron chi connectivity index (χ2n) is 6.99. The highest BCUT2D eigenvalue weighted by Crippen LogP contribution is 2.29. The number of nitrogens with two attached hydrogens (primary N) is 1. The molecule has 4 rings (SSSR count). The Balaban J connectivity index is 1.85. The zero-order valence-electron chi connectivity index (χ0n) is 15.7. The van der Waals surface area contributed by atoms with E-state index in [-0.39, 0.29) is 24.5 Å². The molecule has 0 spiro atoms. The minimum absolute atomic E-state index is 0.0781. The minimum Gasteiger partial charge on any atom is -0.375 e. The number of carbonyl (C=O) groups is 1. The van der Waals surface area contributed by atoms with E-state index >= 15 is 0 Å². The van der Waals surface area contributed by atoms with E-state index < -0.39 is 22.0 Å². The van der Waals surface area contributed by atoms with Crippen LogP contribution < -0.4 is 5.73 Å². The van der Waals surface area contributed by atoms with Crippen molar-refractivity contribution in [3.8, 4) is 0 Å². The first-order valence-electron chi connectivity index (χ1n) is 9.25.